The number of aliphatic hydroxyl groups is 1. The van der Waals surface area contributed by atoms with Gasteiger partial charge in [0, 0.05) is 19.6 Å². The molecule has 3 amide bonds. The van der Waals surface area contributed by atoms with Gasteiger partial charge < -0.3 is 24.5 Å². The third-order valence-corrected chi connectivity index (χ3v) is 8.61. The summed E-state index contributed by atoms with van der Waals surface area (Å²) in [6.07, 6.45) is 8.68. The van der Waals surface area contributed by atoms with Crippen LogP contribution in [0.4, 0.5) is 5.69 Å². The Balaban J connectivity index is 1.68. The summed E-state index contributed by atoms with van der Waals surface area (Å²) in [6, 6.07) is 5.43. The summed E-state index contributed by atoms with van der Waals surface area (Å²) in [7, 11) is 0. The van der Waals surface area contributed by atoms with Crippen molar-refractivity contribution in [3.05, 3.63) is 53.6 Å². The van der Waals surface area contributed by atoms with Gasteiger partial charge in [0.1, 0.15) is 11.6 Å². The second-order valence-corrected chi connectivity index (χ2v) is 10.9. The van der Waals surface area contributed by atoms with Gasteiger partial charge in [-0.1, -0.05) is 61.9 Å². The summed E-state index contributed by atoms with van der Waals surface area (Å²) >= 11 is 6.49. The van der Waals surface area contributed by atoms with Crippen LogP contribution in [0.1, 0.15) is 33.6 Å². The fourth-order valence-electron chi connectivity index (χ4n) is 6.68. The molecule has 0 bridgehead atoms. The zero-order valence-corrected chi connectivity index (χ0v) is 22.2. The number of ether oxygens (including phenoxy) is 1. The highest BCUT2D eigenvalue weighted by atomic mass is 35.5. The molecular formula is C28H34ClN3O5. The van der Waals surface area contributed by atoms with Gasteiger partial charge in [-0.05, 0) is 31.9 Å². The van der Waals surface area contributed by atoms with Crippen LogP contribution in [0.15, 0.2) is 48.6 Å². The number of aliphatic hydroxyl groups excluding tert-OH is 1. The van der Waals surface area contributed by atoms with Crippen LogP contribution in [-0.4, -0.2) is 82.2 Å². The Hall–Kier alpha value is -2.68. The minimum Gasteiger partial charge on any atom is -0.394 e. The van der Waals surface area contributed by atoms with E-state index < -0.39 is 35.1 Å². The van der Waals surface area contributed by atoms with Crippen molar-refractivity contribution in [3.63, 3.8) is 0 Å². The van der Waals surface area contributed by atoms with Crippen LogP contribution in [0.3, 0.4) is 0 Å². The lowest BCUT2D eigenvalue weighted by atomic mass is 9.74. The molecule has 1 unspecified atom stereocenters. The number of rotatable bonds is 6. The molecule has 198 valence electrons. The van der Waals surface area contributed by atoms with Gasteiger partial charge in [-0.15, -0.1) is 0 Å². The van der Waals surface area contributed by atoms with E-state index in [1.165, 1.54) is 4.90 Å². The van der Waals surface area contributed by atoms with Gasteiger partial charge >= 0.3 is 0 Å². The first-order valence-corrected chi connectivity index (χ1v) is 13.4. The lowest BCUT2D eigenvalue weighted by Gasteiger charge is -2.40. The predicted molar refractivity (Wildman–Crippen MR) is 140 cm³/mol. The Labute approximate surface area is 222 Å². The number of para-hydroxylation sites is 1. The van der Waals surface area contributed by atoms with E-state index in [1.807, 2.05) is 45.1 Å². The Morgan fingerprint density at radius 2 is 1.78 bits per heavy atom. The highest BCUT2D eigenvalue weighted by Gasteiger charge is 2.75. The molecule has 1 aromatic rings. The van der Waals surface area contributed by atoms with Gasteiger partial charge in [0.15, 0.2) is 0 Å². The fraction of sp³-hybridized carbons (Fsp3) is 0.536. The molecule has 2 saturated heterocycles. The summed E-state index contributed by atoms with van der Waals surface area (Å²) in [4.78, 5) is 47.5. The summed E-state index contributed by atoms with van der Waals surface area (Å²) in [5, 5.41) is 10.7. The molecule has 5 rings (SSSR count). The number of carbonyl (C=O) groups excluding carboxylic acids is 3. The maximum absolute atomic E-state index is 14.4. The van der Waals surface area contributed by atoms with E-state index in [0.717, 1.165) is 6.42 Å². The first kappa shape index (κ1) is 25.9. The number of fused-ring (bicyclic) bond motifs is 2. The van der Waals surface area contributed by atoms with Crippen molar-refractivity contribution < 1.29 is 24.2 Å². The Bertz CT molecular complexity index is 1170. The summed E-state index contributed by atoms with van der Waals surface area (Å²) < 4.78 is 6.80. The molecule has 6 atom stereocenters. The molecule has 1 N–H and O–H groups in total. The lowest BCUT2D eigenvalue weighted by Crippen LogP contribution is -2.58. The number of carbonyl (C=O) groups is 3. The summed E-state index contributed by atoms with van der Waals surface area (Å²) in [6.45, 7) is 6.67. The molecule has 4 aliphatic rings. The van der Waals surface area contributed by atoms with Gasteiger partial charge in [0.2, 0.25) is 11.8 Å². The number of nitrogens with zero attached hydrogens (tertiary/aromatic N) is 3. The Morgan fingerprint density at radius 1 is 1.05 bits per heavy atom. The van der Waals surface area contributed by atoms with E-state index in [0.29, 0.717) is 30.2 Å². The number of benzene rings is 1. The van der Waals surface area contributed by atoms with Crippen molar-refractivity contribution in [2.75, 3.05) is 31.1 Å². The lowest BCUT2D eigenvalue weighted by molar-refractivity contribution is -0.151. The minimum atomic E-state index is -1.36. The number of likely N-dealkylation sites (tertiary alicyclic amines) is 1. The molecule has 0 aliphatic carbocycles. The molecule has 1 aromatic carbocycles. The minimum absolute atomic E-state index is 0.143. The van der Waals surface area contributed by atoms with Gasteiger partial charge in [-0.3, -0.25) is 14.4 Å². The molecule has 0 radical (unpaired) electrons. The van der Waals surface area contributed by atoms with Crippen LogP contribution in [0.2, 0.25) is 5.02 Å². The second kappa shape index (κ2) is 9.57. The van der Waals surface area contributed by atoms with Gasteiger partial charge in [-0.2, -0.15) is 0 Å². The molecule has 4 aliphatic heterocycles. The average molecular weight is 528 g/mol. The van der Waals surface area contributed by atoms with Crippen molar-refractivity contribution in [3.8, 4) is 0 Å². The molecule has 0 aromatic heterocycles. The summed E-state index contributed by atoms with van der Waals surface area (Å²) in [5.74, 6) is -2.51. The SMILES string of the molecule is CCCN1CC=C[C@]2(C)O[C@]34C=CCN(c5ccccc5Cl)C(=O)C3N([C@@H](CC)CO)C(=O)[C@@H]4[C@@H]2C1=O. The van der Waals surface area contributed by atoms with E-state index in [4.69, 9.17) is 16.3 Å². The third kappa shape index (κ3) is 3.75. The van der Waals surface area contributed by atoms with Crippen molar-refractivity contribution in [1.29, 1.82) is 0 Å². The molecule has 9 heteroatoms. The van der Waals surface area contributed by atoms with E-state index in [2.05, 4.69) is 0 Å². The van der Waals surface area contributed by atoms with E-state index in [1.54, 1.807) is 34.1 Å². The zero-order valence-electron chi connectivity index (χ0n) is 21.5. The number of anilines is 1. The van der Waals surface area contributed by atoms with Crippen molar-refractivity contribution in [1.82, 2.24) is 9.80 Å². The summed E-state index contributed by atoms with van der Waals surface area (Å²) in [5.41, 5.74) is -1.89. The van der Waals surface area contributed by atoms with Crippen LogP contribution in [0, 0.1) is 11.8 Å². The number of hydrogen-bond acceptors (Lipinski definition) is 5. The molecular weight excluding hydrogens is 494 g/mol. The predicted octanol–water partition coefficient (Wildman–Crippen LogP) is 2.79. The zero-order chi connectivity index (χ0) is 26.5. The second-order valence-electron chi connectivity index (χ2n) is 10.5. The third-order valence-electron chi connectivity index (χ3n) is 8.29. The van der Waals surface area contributed by atoms with E-state index in [-0.39, 0.29) is 30.9 Å². The highest BCUT2D eigenvalue weighted by molar-refractivity contribution is 6.34. The van der Waals surface area contributed by atoms with Crippen LogP contribution in [0.25, 0.3) is 0 Å². The molecule has 8 nitrogen and oxygen atoms in total. The first-order valence-electron chi connectivity index (χ1n) is 13.1. The number of amides is 3. The van der Waals surface area contributed by atoms with E-state index >= 15 is 0 Å². The van der Waals surface area contributed by atoms with Gasteiger partial charge in [0.25, 0.3) is 5.91 Å². The van der Waals surface area contributed by atoms with Gasteiger partial charge in [0.05, 0.1) is 40.8 Å². The maximum Gasteiger partial charge on any atom is 0.253 e. The smallest absolute Gasteiger partial charge is 0.253 e. The molecule has 1 spiro atoms. The number of halogens is 1. The van der Waals surface area contributed by atoms with E-state index in [9.17, 15) is 19.5 Å². The highest BCUT2D eigenvalue weighted by Crippen LogP contribution is 2.58. The molecule has 37 heavy (non-hydrogen) atoms. The van der Waals surface area contributed by atoms with Crippen LogP contribution < -0.4 is 4.90 Å². The molecule has 0 saturated carbocycles. The fourth-order valence-corrected chi connectivity index (χ4v) is 6.91. The van der Waals surface area contributed by atoms with Crippen LogP contribution in [-0.2, 0) is 19.1 Å². The van der Waals surface area contributed by atoms with Crippen molar-refractivity contribution in [2.24, 2.45) is 11.8 Å². The first-order chi connectivity index (χ1) is 17.7. The Morgan fingerprint density at radius 3 is 2.46 bits per heavy atom. The quantitative estimate of drug-likeness (QED) is 0.575. The van der Waals surface area contributed by atoms with Crippen molar-refractivity contribution in [2.45, 2.75) is 56.9 Å². The average Bonchev–Trinajstić information content (AvgIpc) is 3.15. The topological polar surface area (TPSA) is 90.4 Å². The van der Waals surface area contributed by atoms with Crippen LogP contribution >= 0.6 is 11.6 Å². The standard InChI is InChI=1S/C28H34ClN3O5/c1-4-14-30-15-8-12-27(3)21(24(30)34)22-25(35)32(18(5-2)17-33)23-26(36)31(16-9-13-28(22,23)37-27)20-11-7-6-10-19(20)29/h6-13,18,21-23,33H,4-5,14-17H2,1-3H3/t18-,21+,22-,23?,27-,28-/m0/s1. The molecule has 4 heterocycles. The normalized spacial score (nSPS) is 33.8. The van der Waals surface area contributed by atoms with Gasteiger partial charge in [-0.25, -0.2) is 0 Å². The van der Waals surface area contributed by atoms with Crippen molar-refractivity contribution >= 4 is 35.0 Å². The molecule has 2 fully saturated rings. The maximum atomic E-state index is 14.4. The Kier molecular flexibility index (Phi) is 6.71. The largest absolute Gasteiger partial charge is 0.394 e. The monoisotopic (exact) mass is 527 g/mol. The van der Waals surface area contributed by atoms with Crippen LogP contribution in [0.5, 0.6) is 0 Å². The number of hydrogen-bond donors (Lipinski definition) is 1.